The van der Waals surface area contributed by atoms with Gasteiger partial charge in [0, 0.05) is 38.5 Å². The van der Waals surface area contributed by atoms with Crippen molar-refractivity contribution in [2.75, 3.05) is 18.0 Å². The fourth-order valence-corrected chi connectivity index (χ4v) is 5.22. The molecule has 0 bridgehead atoms. The van der Waals surface area contributed by atoms with Gasteiger partial charge in [0.1, 0.15) is 11.9 Å². The molecule has 2 aromatic heterocycles. The largest absolute Gasteiger partial charge is 0.388 e. The lowest BCUT2D eigenvalue weighted by atomic mass is 9.89. The minimum Gasteiger partial charge on any atom is -0.388 e. The number of aromatic nitrogens is 3. The van der Waals surface area contributed by atoms with Crippen LogP contribution in [0.15, 0.2) is 48.8 Å². The quantitative estimate of drug-likeness (QED) is 0.678. The van der Waals surface area contributed by atoms with Gasteiger partial charge < -0.3 is 19.6 Å². The summed E-state index contributed by atoms with van der Waals surface area (Å²) in [7, 11) is 0. The van der Waals surface area contributed by atoms with Crippen molar-refractivity contribution >= 4 is 17.4 Å². The SMILES string of the molecule is O=C1N2[C@H](OC13CCN(c1ccnc4c(F)cnn14)CC3)[C@H](O)C[C@H]2c1ccccc1. The van der Waals surface area contributed by atoms with Crippen LogP contribution in [0.2, 0.25) is 0 Å². The summed E-state index contributed by atoms with van der Waals surface area (Å²) < 4.78 is 21.6. The summed E-state index contributed by atoms with van der Waals surface area (Å²) >= 11 is 0. The Bertz CT molecular complexity index is 1140. The number of benzene rings is 1. The van der Waals surface area contributed by atoms with Crippen LogP contribution in [0, 0.1) is 5.82 Å². The maximum absolute atomic E-state index is 13.9. The molecule has 1 N–H and O–H groups in total. The van der Waals surface area contributed by atoms with Crippen molar-refractivity contribution in [1.29, 1.82) is 0 Å². The number of hydrogen-bond donors (Lipinski definition) is 1. The van der Waals surface area contributed by atoms with E-state index in [4.69, 9.17) is 4.74 Å². The van der Waals surface area contributed by atoms with Gasteiger partial charge in [0.05, 0.1) is 12.2 Å². The van der Waals surface area contributed by atoms with Crippen LogP contribution in [0.5, 0.6) is 0 Å². The van der Waals surface area contributed by atoms with E-state index in [1.54, 1.807) is 17.2 Å². The lowest BCUT2D eigenvalue weighted by Gasteiger charge is -2.38. The molecule has 1 aromatic carbocycles. The van der Waals surface area contributed by atoms with Gasteiger partial charge in [-0.05, 0) is 11.6 Å². The number of hydrogen-bond acceptors (Lipinski definition) is 6. The van der Waals surface area contributed by atoms with E-state index in [0.717, 1.165) is 17.6 Å². The Morgan fingerprint density at radius 2 is 1.94 bits per heavy atom. The van der Waals surface area contributed by atoms with E-state index in [9.17, 15) is 14.3 Å². The van der Waals surface area contributed by atoms with Crippen LogP contribution in [0.1, 0.15) is 30.9 Å². The molecule has 0 unspecified atom stereocenters. The third-order valence-electron chi connectivity index (χ3n) is 6.79. The topological polar surface area (TPSA) is 83.2 Å². The predicted molar refractivity (Wildman–Crippen MR) is 109 cm³/mol. The number of anilines is 1. The van der Waals surface area contributed by atoms with Crippen molar-refractivity contribution in [1.82, 2.24) is 19.5 Å². The molecule has 31 heavy (non-hydrogen) atoms. The van der Waals surface area contributed by atoms with E-state index in [2.05, 4.69) is 15.0 Å². The molecule has 0 saturated carbocycles. The second-order valence-corrected chi connectivity index (χ2v) is 8.46. The number of aliphatic hydroxyl groups excluding tert-OH is 1. The van der Waals surface area contributed by atoms with Crippen LogP contribution in [-0.2, 0) is 9.53 Å². The minimum atomic E-state index is -0.933. The van der Waals surface area contributed by atoms with E-state index in [-0.39, 0.29) is 17.6 Å². The number of amides is 1. The fraction of sp³-hybridized carbons (Fsp3) is 0.409. The molecule has 0 radical (unpaired) electrons. The Morgan fingerprint density at radius 1 is 1.16 bits per heavy atom. The molecule has 3 aliphatic heterocycles. The second-order valence-electron chi connectivity index (χ2n) is 8.46. The number of ether oxygens (including phenoxy) is 1. The molecule has 9 heteroatoms. The van der Waals surface area contributed by atoms with Crippen molar-refractivity contribution in [3.05, 3.63) is 60.2 Å². The number of piperidine rings is 1. The number of fused-ring (bicyclic) bond motifs is 2. The molecule has 0 aliphatic carbocycles. The maximum Gasteiger partial charge on any atom is 0.257 e. The standard InChI is InChI=1S/C22H22FN5O3/c23-15-13-25-28-18(6-9-24-19(15)28)26-10-7-22(8-11-26)21(30)27-16(12-17(29)20(27)31-22)14-4-2-1-3-5-14/h1-6,9,13,16-17,20,29H,7-8,10-12H2/t16-,17+,20+/m0/s1. The third kappa shape index (κ3) is 2.69. The zero-order chi connectivity index (χ0) is 21.2. The van der Waals surface area contributed by atoms with Crippen molar-refractivity contribution in [2.45, 2.75) is 43.2 Å². The number of aliphatic hydroxyl groups is 1. The van der Waals surface area contributed by atoms with E-state index in [1.165, 1.54) is 4.52 Å². The molecule has 3 aliphatic rings. The number of nitrogens with zero attached hydrogens (tertiary/aromatic N) is 5. The van der Waals surface area contributed by atoms with E-state index < -0.39 is 23.8 Å². The summed E-state index contributed by atoms with van der Waals surface area (Å²) in [6, 6.07) is 11.4. The highest BCUT2D eigenvalue weighted by Crippen LogP contribution is 2.48. The van der Waals surface area contributed by atoms with Crippen LogP contribution in [0.25, 0.3) is 5.65 Å². The number of rotatable bonds is 2. The van der Waals surface area contributed by atoms with Crippen molar-refractivity contribution < 1.29 is 19.0 Å². The van der Waals surface area contributed by atoms with Crippen molar-refractivity contribution in [2.24, 2.45) is 0 Å². The fourth-order valence-electron chi connectivity index (χ4n) is 5.22. The average molecular weight is 423 g/mol. The Hall–Kier alpha value is -3.04. The van der Waals surface area contributed by atoms with Gasteiger partial charge in [-0.25, -0.2) is 9.37 Å². The van der Waals surface area contributed by atoms with Gasteiger partial charge >= 0.3 is 0 Å². The van der Waals surface area contributed by atoms with Gasteiger partial charge in [-0.15, -0.1) is 0 Å². The Balaban J connectivity index is 1.25. The van der Waals surface area contributed by atoms with Gasteiger partial charge in [-0.3, -0.25) is 4.79 Å². The summed E-state index contributed by atoms with van der Waals surface area (Å²) in [5.74, 6) is 0.218. The van der Waals surface area contributed by atoms with Crippen LogP contribution >= 0.6 is 0 Å². The highest BCUT2D eigenvalue weighted by Gasteiger charge is 2.60. The molecule has 6 rings (SSSR count). The number of carbonyl (C=O) groups excluding carboxylic acids is 1. The van der Waals surface area contributed by atoms with E-state index in [0.29, 0.717) is 32.4 Å². The molecule has 1 amide bonds. The highest BCUT2D eigenvalue weighted by molar-refractivity contribution is 5.88. The zero-order valence-electron chi connectivity index (χ0n) is 16.8. The summed E-state index contributed by atoms with van der Waals surface area (Å²) in [6.07, 6.45) is 2.84. The minimum absolute atomic E-state index is 0.0486. The van der Waals surface area contributed by atoms with Crippen LogP contribution in [-0.4, -0.2) is 61.5 Å². The molecule has 3 atom stereocenters. The van der Waals surface area contributed by atoms with E-state index >= 15 is 0 Å². The molecule has 3 fully saturated rings. The molecule has 1 spiro atoms. The van der Waals surface area contributed by atoms with Gasteiger partial charge in [0.2, 0.25) is 0 Å². The van der Waals surface area contributed by atoms with Gasteiger partial charge in [-0.2, -0.15) is 9.61 Å². The van der Waals surface area contributed by atoms with Gasteiger partial charge in [0.15, 0.2) is 23.3 Å². The molecular weight excluding hydrogens is 401 g/mol. The third-order valence-corrected chi connectivity index (χ3v) is 6.79. The van der Waals surface area contributed by atoms with E-state index in [1.807, 2.05) is 30.3 Å². The first kappa shape index (κ1) is 18.7. The summed E-state index contributed by atoms with van der Waals surface area (Å²) in [4.78, 5) is 21.4. The lowest BCUT2D eigenvalue weighted by molar-refractivity contribution is -0.142. The second kappa shape index (κ2) is 6.73. The number of halogens is 1. The Morgan fingerprint density at radius 3 is 2.71 bits per heavy atom. The Labute approximate surface area is 177 Å². The summed E-state index contributed by atoms with van der Waals surface area (Å²) in [5.41, 5.74) is 0.257. The normalized spacial score (nSPS) is 27.4. The van der Waals surface area contributed by atoms with Crippen LogP contribution < -0.4 is 4.90 Å². The van der Waals surface area contributed by atoms with Gasteiger partial charge in [0.25, 0.3) is 5.91 Å². The van der Waals surface area contributed by atoms with Crippen LogP contribution in [0.4, 0.5) is 10.2 Å². The number of carbonyl (C=O) groups is 1. The molecule has 3 saturated heterocycles. The Kier molecular flexibility index (Phi) is 4.06. The first-order valence-corrected chi connectivity index (χ1v) is 10.5. The van der Waals surface area contributed by atoms with Crippen LogP contribution in [0.3, 0.4) is 0 Å². The summed E-state index contributed by atoms with van der Waals surface area (Å²) in [5, 5.41) is 14.7. The monoisotopic (exact) mass is 423 g/mol. The van der Waals surface area contributed by atoms with Gasteiger partial charge in [-0.1, -0.05) is 30.3 Å². The first-order chi connectivity index (χ1) is 15.1. The average Bonchev–Trinajstić information content (AvgIpc) is 3.43. The highest BCUT2D eigenvalue weighted by atomic mass is 19.1. The smallest absolute Gasteiger partial charge is 0.257 e. The molecule has 5 heterocycles. The van der Waals surface area contributed by atoms with Crippen molar-refractivity contribution in [3.63, 3.8) is 0 Å². The lowest BCUT2D eigenvalue weighted by Crippen LogP contribution is -2.51. The molecular formula is C22H22FN5O3. The van der Waals surface area contributed by atoms with Crippen molar-refractivity contribution in [3.8, 4) is 0 Å². The predicted octanol–water partition coefficient (Wildman–Crippen LogP) is 1.90. The molecule has 3 aromatic rings. The molecule has 160 valence electrons. The summed E-state index contributed by atoms with van der Waals surface area (Å²) in [6.45, 7) is 1.11. The maximum atomic E-state index is 13.9. The first-order valence-electron chi connectivity index (χ1n) is 10.5. The zero-order valence-corrected chi connectivity index (χ0v) is 16.8. The molecule has 8 nitrogen and oxygen atoms in total.